The van der Waals surface area contributed by atoms with Gasteiger partial charge in [-0.25, -0.2) is 0 Å². The Kier molecular flexibility index (Phi) is 1.42. The largest absolute Gasteiger partial charge is 0.186 e. The summed E-state index contributed by atoms with van der Waals surface area (Å²) in [6.07, 6.45) is 4.13. The van der Waals surface area contributed by atoms with Gasteiger partial charge in [-0.1, -0.05) is 12.2 Å². The molecule has 0 spiro atoms. The van der Waals surface area contributed by atoms with Crippen LogP contribution in [0.2, 0.25) is 0 Å². The van der Waals surface area contributed by atoms with Gasteiger partial charge >= 0.3 is 0 Å². The molecular formula is C6H10N2. The van der Waals surface area contributed by atoms with Crippen LogP contribution in [0.4, 0.5) is 0 Å². The van der Waals surface area contributed by atoms with Crippen molar-refractivity contribution in [2.45, 2.75) is 25.9 Å². The molecule has 0 bridgehead atoms. The number of rotatable bonds is 0. The summed E-state index contributed by atoms with van der Waals surface area (Å²) in [6, 6.07) is 0.595. The molecule has 1 rings (SSSR count). The van der Waals surface area contributed by atoms with Crippen molar-refractivity contribution in [2.24, 2.45) is 10.2 Å². The summed E-state index contributed by atoms with van der Waals surface area (Å²) in [5.74, 6) is 0. The minimum absolute atomic E-state index is 0.297. The molecule has 2 nitrogen and oxygen atoms in total. The van der Waals surface area contributed by atoms with Gasteiger partial charge in [-0.05, 0) is 13.8 Å². The van der Waals surface area contributed by atoms with E-state index in [1.807, 2.05) is 13.8 Å². The Balaban J connectivity index is 2.54. The maximum atomic E-state index is 3.95. The van der Waals surface area contributed by atoms with Crippen molar-refractivity contribution in [1.82, 2.24) is 0 Å². The third kappa shape index (κ3) is 1.15. The van der Waals surface area contributed by atoms with E-state index >= 15 is 0 Å². The number of hydrogen-bond acceptors (Lipinski definition) is 2. The zero-order chi connectivity index (χ0) is 5.98. The molecule has 8 heavy (non-hydrogen) atoms. The fourth-order valence-corrected chi connectivity index (χ4v) is 0.609. The molecule has 44 valence electrons. The highest BCUT2D eigenvalue weighted by Gasteiger charge is 2.00. The second-order valence-corrected chi connectivity index (χ2v) is 2.10. The van der Waals surface area contributed by atoms with Gasteiger partial charge in [-0.2, -0.15) is 10.2 Å². The third-order valence-electron chi connectivity index (χ3n) is 1.10. The normalized spacial score (nSPS) is 35.8. The average Bonchev–Trinajstić information content (AvgIpc) is 1.77. The molecule has 0 radical (unpaired) electrons. The van der Waals surface area contributed by atoms with Gasteiger partial charge in [0.2, 0.25) is 0 Å². The molecule has 0 aromatic carbocycles. The lowest BCUT2D eigenvalue weighted by Gasteiger charge is -2.05. The molecule has 0 aliphatic carbocycles. The molecule has 0 saturated heterocycles. The van der Waals surface area contributed by atoms with Crippen LogP contribution in [-0.2, 0) is 0 Å². The van der Waals surface area contributed by atoms with Crippen LogP contribution in [0, 0.1) is 0 Å². The second kappa shape index (κ2) is 2.07. The van der Waals surface area contributed by atoms with Crippen LogP contribution in [0.1, 0.15) is 13.8 Å². The van der Waals surface area contributed by atoms with Gasteiger partial charge in [0.1, 0.15) is 0 Å². The van der Waals surface area contributed by atoms with Crippen molar-refractivity contribution >= 4 is 0 Å². The molecule has 2 atom stereocenters. The van der Waals surface area contributed by atoms with Gasteiger partial charge in [-0.3, -0.25) is 0 Å². The van der Waals surface area contributed by atoms with E-state index in [0.717, 1.165) is 0 Å². The Morgan fingerprint density at radius 3 is 1.62 bits per heavy atom. The summed E-state index contributed by atoms with van der Waals surface area (Å²) in [7, 11) is 0. The standard InChI is InChI=1S/C6H10N2/c1-5-3-4-6(2)8-7-5/h3-6H,1-2H3. The van der Waals surface area contributed by atoms with E-state index in [2.05, 4.69) is 22.4 Å². The molecule has 0 N–H and O–H groups in total. The Morgan fingerprint density at radius 2 is 1.38 bits per heavy atom. The van der Waals surface area contributed by atoms with Crippen molar-refractivity contribution in [3.63, 3.8) is 0 Å². The Morgan fingerprint density at radius 1 is 1.00 bits per heavy atom. The van der Waals surface area contributed by atoms with E-state index in [1.54, 1.807) is 0 Å². The van der Waals surface area contributed by atoms with Crippen molar-refractivity contribution in [2.75, 3.05) is 0 Å². The van der Waals surface area contributed by atoms with Crippen molar-refractivity contribution in [3.05, 3.63) is 12.2 Å². The maximum Gasteiger partial charge on any atom is 0.0861 e. The first-order valence-corrected chi connectivity index (χ1v) is 2.87. The minimum Gasteiger partial charge on any atom is -0.186 e. The summed E-state index contributed by atoms with van der Waals surface area (Å²) in [5, 5.41) is 7.90. The van der Waals surface area contributed by atoms with Crippen molar-refractivity contribution < 1.29 is 0 Å². The first-order valence-electron chi connectivity index (χ1n) is 2.87. The molecule has 0 aromatic rings. The van der Waals surface area contributed by atoms with E-state index in [-0.39, 0.29) is 0 Å². The summed E-state index contributed by atoms with van der Waals surface area (Å²) < 4.78 is 0. The van der Waals surface area contributed by atoms with E-state index in [4.69, 9.17) is 0 Å². The summed E-state index contributed by atoms with van der Waals surface area (Å²) in [4.78, 5) is 0. The van der Waals surface area contributed by atoms with Gasteiger partial charge < -0.3 is 0 Å². The monoisotopic (exact) mass is 110 g/mol. The third-order valence-corrected chi connectivity index (χ3v) is 1.10. The molecule has 1 aliphatic rings. The average molecular weight is 110 g/mol. The zero-order valence-corrected chi connectivity index (χ0v) is 5.20. The lowest BCUT2D eigenvalue weighted by atomic mass is 10.2. The highest BCUT2D eigenvalue weighted by atomic mass is 15.1. The van der Waals surface area contributed by atoms with Crippen LogP contribution < -0.4 is 0 Å². The molecule has 2 heteroatoms. The van der Waals surface area contributed by atoms with Gasteiger partial charge in [0.25, 0.3) is 0 Å². The highest BCUT2D eigenvalue weighted by molar-refractivity contribution is 4.99. The fraction of sp³-hybridized carbons (Fsp3) is 0.667. The zero-order valence-electron chi connectivity index (χ0n) is 5.20. The van der Waals surface area contributed by atoms with E-state index < -0.39 is 0 Å². The van der Waals surface area contributed by atoms with Gasteiger partial charge in [0.05, 0.1) is 12.1 Å². The molecule has 0 fully saturated rings. The maximum absolute atomic E-state index is 3.95. The van der Waals surface area contributed by atoms with Crippen LogP contribution in [0.25, 0.3) is 0 Å². The SMILES string of the molecule is CC1C=CC(C)N=N1. The molecule has 2 unspecified atom stereocenters. The summed E-state index contributed by atoms with van der Waals surface area (Å²) in [5.41, 5.74) is 0. The van der Waals surface area contributed by atoms with E-state index in [0.29, 0.717) is 12.1 Å². The Bertz CT molecular complexity index is 98.5. The predicted molar refractivity (Wildman–Crippen MR) is 32.9 cm³/mol. The lowest BCUT2D eigenvalue weighted by Crippen LogP contribution is -2.02. The van der Waals surface area contributed by atoms with Crippen LogP contribution in [0.15, 0.2) is 22.4 Å². The van der Waals surface area contributed by atoms with Gasteiger partial charge in [0, 0.05) is 0 Å². The predicted octanol–water partition coefficient (Wildman–Crippen LogP) is 1.79. The van der Waals surface area contributed by atoms with Gasteiger partial charge in [0.15, 0.2) is 0 Å². The molecule has 0 saturated carbocycles. The van der Waals surface area contributed by atoms with Crippen molar-refractivity contribution in [3.8, 4) is 0 Å². The first-order chi connectivity index (χ1) is 3.79. The van der Waals surface area contributed by atoms with Crippen LogP contribution in [0.5, 0.6) is 0 Å². The van der Waals surface area contributed by atoms with Crippen LogP contribution in [-0.4, -0.2) is 12.1 Å². The Hall–Kier alpha value is -0.660. The fourth-order valence-electron chi connectivity index (χ4n) is 0.609. The number of nitrogens with zero attached hydrogens (tertiary/aromatic N) is 2. The molecule has 0 amide bonds. The van der Waals surface area contributed by atoms with Crippen molar-refractivity contribution in [1.29, 1.82) is 0 Å². The minimum atomic E-state index is 0.297. The van der Waals surface area contributed by atoms with E-state index in [1.165, 1.54) is 0 Å². The second-order valence-electron chi connectivity index (χ2n) is 2.10. The molecule has 0 aromatic heterocycles. The van der Waals surface area contributed by atoms with Crippen LogP contribution in [0.3, 0.4) is 0 Å². The highest BCUT2D eigenvalue weighted by Crippen LogP contribution is 2.05. The Labute approximate surface area is 49.3 Å². The number of hydrogen-bond donors (Lipinski definition) is 0. The lowest BCUT2D eigenvalue weighted by molar-refractivity contribution is 0.710. The number of azo groups is 1. The van der Waals surface area contributed by atoms with Gasteiger partial charge in [-0.15, -0.1) is 0 Å². The molecule has 1 aliphatic heterocycles. The van der Waals surface area contributed by atoms with E-state index in [9.17, 15) is 0 Å². The van der Waals surface area contributed by atoms with Crippen LogP contribution >= 0.6 is 0 Å². The first kappa shape index (κ1) is 5.48. The topological polar surface area (TPSA) is 24.7 Å². The molecule has 1 heterocycles. The molecular weight excluding hydrogens is 100 g/mol. The smallest absolute Gasteiger partial charge is 0.0861 e. The summed E-state index contributed by atoms with van der Waals surface area (Å²) in [6.45, 7) is 4.04. The quantitative estimate of drug-likeness (QED) is 0.425. The summed E-state index contributed by atoms with van der Waals surface area (Å²) >= 11 is 0.